The van der Waals surface area contributed by atoms with E-state index in [0.717, 1.165) is 13.1 Å². The summed E-state index contributed by atoms with van der Waals surface area (Å²) in [4.78, 5) is 14.0. The lowest BCUT2D eigenvalue weighted by Crippen LogP contribution is -2.43. The SMILES string of the molecule is NC(=O)[C@@H]1[C@H]2CCC[C@H]2CN1Cc1ccccc1. The number of hydrogen-bond acceptors (Lipinski definition) is 2. The zero-order chi connectivity index (χ0) is 12.5. The zero-order valence-electron chi connectivity index (χ0n) is 10.6. The maximum atomic E-state index is 11.7. The first-order valence-corrected chi connectivity index (χ1v) is 6.83. The predicted molar refractivity (Wildman–Crippen MR) is 70.7 cm³/mol. The largest absolute Gasteiger partial charge is 0.368 e. The molecule has 1 heterocycles. The quantitative estimate of drug-likeness (QED) is 0.881. The normalized spacial score (nSPS) is 31.4. The summed E-state index contributed by atoms with van der Waals surface area (Å²) in [6.45, 7) is 1.88. The number of carbonyl (C=O) groups is 1. The minimum Gasteiger partial charge on any atom is -0.368 e. The van der Waals surface area contributed by atoms with Crippen LogP contribution in [0.15, 0.2) is 30.3 Å². The van der Waals surface area contributed by atoms with E-state index in [2.05, 4.69) is 17.0 Å². The molecule has 18 heavy (non-hydrogen) atoms. The summed E-state index contributed by atoms with van der Waals surface area (Å²) in [5.74, 6) is 1.05. The van der Waals surface area contributed by atoms with E-state index >= 15 is 0 Å². The maximum Gasteiger partial charge on any atom is 0.235 e. The number of nitrogens with two attached hydrogens (primary N) is 1. The van der Waals surface area contributed by atoms with Crippen molar-refractivity contribution in [2.24, 2.45) is 17.6 Å². The van der Waals surface area contributed by atoms with E-state index in [0.29, 0.717) is 11.8 Å². The van der Waals surface area contributed by atoms with Crippen molar-refractivity contribution >= 4 is 5.91 Å². The summed E-state index contributed by atoms with van der Waals surface area (Å²) in [5.41, 5.74) is 6.88. The Morgan fingerprint density at radius 2 is 2.06 bits per heavy atom. The summed E-state index contributed by atoms with van der Waals surface area (Å²) in [7, 11) is 0. The molecule has 3 nitrogen and oxygen atoms in total. The molecule has 0 radical (unpaired) electrons. The number of benzene rings is 1. The first kappa shape index (κ1) is 11.7. The molecule has 3 atom stereocenters. The van der Waals surface area contributed by atoms with Crippen LogP contribution in [0.4, 0.5) is 0 Å². The maximum absolute atomic E-state index is 11.7. The van der Waals surface area contributed by atoms with Crippen LogP contribution in [-0.2, 0) is 11.3 Å². The van der Waals surface area contributed by atoms with Gasteiger partial charge in [-0.2, -0.15) is 0 Å². The highest BCUT2D eigenvalue weighted by molar-refractivity contribution is 5.80. The molecule has 3 rings (SSSR count). The number of nitrogens with zero attached hydrogens (tertiary/aromatic N) is 1. The van der Waals surface area contributed by atoms with Gasteiger partial charge in [0.25, 0.3) is 0 Å². The Bertz CT molecular complexity index is 431. The Labute approximate surface area is 108 Å². The average Bonchev–Trinajstić information content (AvgIpc) is 2.89. The fourth-order valence-electron chi connectivity index (χ4n) is 3.77. The highest BCUT2D eigenvalue weighted by atomic mass is 16.1. The summed E-state index contributed by atoms with van der Waals surface area (Å²) in [6, 6.07) is 10.3. The Morgan fingerprint density at radius 3 is 2.78 bits per heavy atom. The van der Waals surface area contributed by atoms with E-state index in [-0.39, 0.29) is 11.9 Å². The van der Waals surface area contributed by atoms with Crippen LogP contribution >= 0.6 is 0 Å². The van der Waals surface area contributed by atoms with E-state index in [1.807, 2.05) is 18.2 Å². The summed E-state index contributed by atoms with van der Waals surface area (Å²) in [5, 5.41) is 0. The first-order valence-electron chi connectivity index (χ1n) is 6.83. The molecular weight excluding hydrogens is 224 g/mol. The third-order valence-corrected chi connectivity index (χ3v) is 4.51. The smallest absolute Gasteiger partial charge is 0.235 e. The van der Waals surface area contributed by atoms with Crippen LogP contribution in [0, 0.1) is 11.8 Å². The van der Waals surface area contributed by atoms with Gasteiger partial charge in [0.1, 0.15) is 0 Å². The highest BCUT2D eigenvalue weighted by Crippen LogP contribution is 2.42. The van der Waals surface area contributed by atoms with Crippen LogP contribution < -0.4 is 5.73 Å². The molecule has 1 saturated heterocycles. The second kappa shape index (κ2) is 4.73. The van der Waals surface area contributed by atoms with Crippen molar-refractivity contribution < 1.29 is 4.79 Å². The van der Waals surface area contributed by atoms with Gasteiger partial charge in [-0.3, -0.25) is 9.69 Å². The molecule has 2 fully saturated rings. The highest BCUT2D eigenvalue weighted by Gasteiger charge is 2.46. The van der Waals surface area contributed by atoms with E-state index < -0.39 is 0 Å². The van der Waals surface area contributed by atoms with Crippen LogP contribution in [0.5, 0.6) is 0 Å². The van der Waals surface area contributed by atoms with Gasteiger partial charge in [-0.05, 0) is 30.2 Å². The minimum absolute atomic E-state index is 0.0438. The fraction of sp³-hybridized carbons (Fsp3) is 0.533. The molecule has 3 heteroatoms. The monoisotopic (exact) mass is 244 g/mol. The Hall–Kier alpha value is -1.35. The van der Waals surface area contributed by atoms with Crippen molar-refractivity contribution in [3.05, 3.63) is 35.9 Å². The number of rotatable bonds is 3. The molecule has 1 aromatic carbocycles. The predicted octanol–water partition coefficient (Wildman–Crippen LogP) is 1.77. The Balaban J connectivity index is 1.77. The topological polar surface area (TPSA) is 46.3 Å². The van der Waals surface area contributed by atoms with Gasteiger partial charge in [0, 0.05) is 13.1 Å². The van der Waals surface area contributed by atoms with E-state index in [9.17, 15) is 4.79 Å². The van der Waals surface area contributed by atoms with Crippen LogP contribution in [0.1, 0.15) is 24.8 Å². The molecule has 1 amide bonds. The van der Waals surface area contributed by atoms with Crippen LogP contribution in [0.2, 0.25) is 0 Å². The molecule has 1 aromatic rings. The number of hydrogen-bond donors (Lipinski definition) is 1. The molecule has 1 saturated carbocycles. The van der Waals surface area contributed by atoms with E-state index in [1.165, 1.54) is 24.8 Å². The van der Waals surface area contributed by atoms with Crippen molar-refractivity contribution in [3.8, 4) is 0 Å². The van der Waals surface area contributed by atoms with Gasteiger partial charge in [0.15, 0.2) is 0 Å². The lowest BCUT2D eigenvalue weighted by molar-refractivity contribution is -0.123. The van der Waals surface area contributed by atoms with Gasteiger partial charge in [0.05, 0.1) is 6.04 Å². The molecule has 1 aliphatic carbocycles. The van der Waals surface area contributed by atoms with Crippen LogP contribution in [-0.4, -0.2) is 23.4 Å². The summed E-state index contributed by atoms with van der Waals surface area (Å²) < 4.78 is 0. The number of carbonyl (C=O) groups excluding carboxylic acids is 1. The van der Waals surface area contributed by atoms with Crippen molar-refractivity contribution in [2.45, 2.75) is 31.8 Å². The van der Waals surface area contributed by atoms with E-state index in [1.54, 1.807) is 0 Å². The van der Waals surface area contributed by atoms with Crippen LogP contribution in [0.3, 0.4) is 0 Å². The molecule has 0 spiro atoms. The van der Waals surface area contributed by atoms with Gasteiger partial charge in [-0.1, -0.05) is 36.8 Å². The molecule has 2 aliphatic rings. The lowest BCUT2D eigenvalue weighted by atomic mass is 9.93. The number of primary amides is 1. The summed E-state index contributed by atoms with van der Waals surface area (Å²) >= 11 is 0. The molecule has 96 valence electrons. The van der Waals surface area contributed by atoms with Crippen molar-refractivity contribution in [2.75, 3.05) is 6.54 Å². The number of fused-ring (bicyclic) bond motifs is 1. The van der Waals surface area contributed by atoms with Gasteiger partial charge in [0.2, 0.25) is 5.91 Å². The Kier molecular flexibility index (Phi) is 3.08. The number of likely N-dealkylation sites (tertiary alicyclic amines) is 1. The molecule has 1 aliphatic heterocycles. The lowest BCUT2D eigenvalue weighted by Gasteiger charge is -2.25. The third kappa shape index (κ3) is 2.03. The average molecular weight is 244 g/mol. The first-order chi connectivity index (χ1) is 8.75. The molecule has 0 aromatic heterocycles. The van der Waals surface area contributed by atoms with Gasteiger partial charge in [-0.25, -0.2) is 0 Å². The molecule has 0 bridgehead atoms. The van der Waals surface area contributed by atoms with Crippen molar-refractivity contribution in [1.82, 2.24) is 4.90 Å². The van der Waals surface area contributed by atoms with Crippen molar-refractivity contribution in [1.29, 1.82) is 0 Å². The Morgan fingerprint density at radius 1 is 1.28 bits per heavy atom. The summed E-state index contributed by atoms with van der Waals surface area (Å²) in [6.07, 6.45) is 3.70. The fourth-order valence-corrected chi connectivity index (χ4v) is 3.77. The van der Waals surface area contributed by atoms with Crippen molar-refractivity contribution in [3.63, 3.8) is 0 Å². The van der Waals surface area contributed by atoms with Gasteiger partial charge < -0.3 is 5.73 Å². The minimum atomic E-state index is -0.139. The molecule has 2 N–H and O–H groups in total. The van der Waals surface area contributed by atoms with Gasteiger partial charge in [-0.15, -0.1) is 0 Å². The third-order valence-electron chi connectivity index (χ3n) is 4.51. The molecular formula is C15H20N2O. The second-order valence-corrected chi connectivity index (χ2v) is 5.62. The van der Waals surface area contributed by atoms with Gasteiger partial charge >= 0.3 is 0 Å². The zero-order valence-corrected chi connectivity index (χ0v) is 10.6. The van der Waals surface area contributed by atoms with Crippen LogP contribution in [0.25, 0.3) is 0 Å². The van der Waals surface area contributed by atoms with E-state index in [4.69, 9.17) is 5.73 Å². The molecule has 0 unspecified atom stereocenters. The number of amides is 1. The standard InChI is InChI=1S/C15H20N2O/c16-15(18)14-13-8-4-7-12(13)10-17(14)9-11-5-2-1-3-6-11/h1-3,5-6,12-14H,4,7-10H2,(H2,16,18)/t12-,13-,14-/m0/s1. The second-order valence-electron chi connectivity index (χ2n) is 5.62.